The summed E-state index contributed by atoms with van der Waals surface area (Å²) < 4.78 is 0. The zero-order chi connectivity index (χ0) is 17.4. The normalized spacial score (nSPS) is 31.7. The van der Waals surface area contributed by atoms with Crippen molar-refractivity contribution in [2.75, 3.05) is 59.4 Å². The molecule has 6 heteroatoms. The van der Waals surface area contributed by atoms with Crippen LogP contribution in [0, 0.1) is 11.3 Å². The monoisotopic (exact) mass is 348 g/mol. The van der Waals surface area contributed by atoms with Crippen molar-refractivity contribution < 1.29 is 9.59 Å². The summed E-state index contributed by atoms with van der Waals surface area (Å²) in [4.78, 5) is 34.4. The van der Waals surface area contributed by atoms with E-state index in [0.29, 0.717) is 12.5 Å². The number of carbonyl (C=O) groups is 2. The summed E-state index contributed by atoms with van der Waals surface area (Å²) in [6.45, 7) is 6.75. The molecule has 25 heavy (non-hydrogen) atoms. The van der Waals surface area contributed by atoms with E-state index in [1.54, 1.807) is 0 Å². The van der Waals surface area contributed by atoms with Gasteiger partial charge in [0, 0.05) is 52.4 Å². The van der Waals surface area contributed by atoms with E-state index in [2.05, 4.69) is 16.8 Å². The summed E-state index contributed by atoms with van der Waals surface area (Å²) >= 11 is 0. The fourth-order valence-electron chi connectivity index (χ4n) is 4.93. The van der Waals surface area contributed by atoms with Crippen molar-refractivity contribution in [3.8, 4) is 0 Å². The molecule has 4 aliphatic rings. The number of carbonyl (C=O) groups excluding carboxylic acids is 2. The Labute approximate surface area is 151 Å². The number of likely N-dealkylation sites (tertiary alicyclic amines) is 2. The maximum absolute atomic E-state index is 13.2. The topological polar surface area (TPSA) is 47.1 Å². The number of likely N-dealkylation sites (N-methyl/N-ethyl adjacent to an activating group) is 1. The van der Waals surface area contributed by atoms with Crippen molar-refractivity contribution in [2.45, 2.75) is 38.5 Å². The summed E-state index contributed by atoms with van der Waals surface area (Å²) in [6, 6.07) is 0.147. The first-order valence-corrected chi connectivity index (χ1v) is 10.1. The lowest BCUT2D eigenvalue weighted by Gasteiger charge is -2.42. The van der Waals surface area contributed by atoms with Crippen LogP contribution in [0.25, 0.3) is 0 Å². The fraction of sp³-hybridized carbons (Fsp3) is 0.895. The highest BCUT2D eigenvalue weighted by Gasteiger charge is 2.50. The lowest BCUT2D eigenvalue weighted by Crippen LogP contribution is -2.54. The number of piperazine rings is 1. The van der Waals surface area contributed by atoms with Gasteiger partial charge in [-0.1, -0.05) is 6.42 Å². The quantitative estimate of drug-likeness (QED) is 0.759. The smallest absolute Gasteiger partial charge is 0.320 e. The zero-order valence-electron chi connectivity index (χ0n) is 15.6. The van der Waals surface area contributed by atoms with Crippen LogP contribution in [-0.2, 0) is 4.79 Å². The third kappa shape index (κ3) is 3.25. The van der Waals surface area contributed by atoms with Gasteiger partial charge in [-0.05, 0) is 45.1 Å². The summed E-state index contributed by atoms with van der Waals surface area (Å²) in [6.07, 6.45) is 6.79. The van der Waals surface area contributed by atoms with Crippen molar-refractivity contribution in [2.24, 2.45) is 11.3 Å². The van der Waals surface area contributed by atoms with Gasteiger partial charge in [-0.2, -0.15) is 0 Å². The average Bonchev–Trinajstić information content (AvgIpc) is 3.00. The molecule has 1 atom stereocenters. The third-order valence-electron chi connectivity index (χ3n) is 6.93. The van der Waals surface area contributed by atoms with Crippen LogP contribution in [0.4, 0.5) is 4.79 Å². The molecule has 0 unspecified atom stereocenters. The summed E-state index contributed by atoms with van der Waals surface area (Å²) in [5, 5.41) is 0. The summed E-state index contributed by atoms with van der Waals surface area (Å²) in [5.74, 6) is 1.06. The van der Waals surface area contributed by atoms with Crippen LogP contribution in [0.3, 0.4) is 0 Å². The van der Waals surface area contributed by atoms with Gasteiger partial charge < -0.3 is 19.6 Å². The predicted molar refractivity (Wildman–Crippen MR) is 96.2 cm³/mol. The van der Waals surface area contributed by atoms with Gasteiger partial charge in [0.25, 0.3) is 0 Å². The zero-order valence-corrected chi connectivity index (χ0v) is 15.6. The van der Waals surface area contributed by atoms with Gasteiger partial charge in [0.2, 0.25) is 5.91 Å². The number of hydrogen-bond acceptors (Lipinski definition) is 3. The fourth-order valence-corrected chi connectivity index (χ4v) is 4.93. The maximum atomic E-state index is 13.2. The third-order valence-corrected chi connectivity index (χ3v) is 6.93. The second-order valence-corrected chi connectivity index (χ2v) is 8.68. The van der Waals surface area contributed by atoms with Gasteiger partial charge in [-0.25, -0.2) is 4.79 Å². The molecule has 0 aromatic heterocycles. The number of piperidine rings is 1. The van der Waals surface area contributed by atoms with Gasteiger partial charge in [0.15, 0.2) is 0 Å². The molecule has 0 aromatic rings. The molecule has 0 bridgehead atoms. The number of nitrogens with zero attached hydrogens (tertiary/aromatic N) is 4. The van der Waals surface area contributed by atoms with Crippen molar-refractivity contribution in [3.63, 3.8) is 0 Å². The highest BCUT2D eigenvalue weighted by molar-refractivity contribution is 5.86. The molecule has 1 saturated carbocycles. The molecule has 140 valence electrons. The van der Waals surface area contributed by atoms with E-state index >= 15 is 0 Å². The molecular weight excluding hydrogens is 316 g/mol. The molecule has 3 heterocycles. The largest absolute Gasteiger partial charge is 0.342 e. The summed E-state index contributed by atoms with van der Waals surface area (Å²) in [5.41, 5.74) is -0.287. The number of rotatable bonds is 2. The molecule has 0 radical (unpaired) electrons. The van der Waals surface area contributed by atoms with Crippen LogP contribution in [0.15, 0.2) is 0 Å². The van der Waals surface area contributed by atoms with Gasteiger partial charge in [0.05, 0.1) is 5.41 Å². The summed E-state index contributed by atoms with van der Waals surface area (Å²) in [7, 11) is 2.10. The molecule has 3 saturated heterocycles. The van der Waals surface area contributed by atoms with Crippen LogP contribution in [0.2, 0.25) is 0 Å². The minimum Gasteiger partial charge on any atom is -0.342 e. The first-order valence-electron chi connectivity index (χ1n) is 10.1. The highest BCUT2D eigenvalue weighted by Crippen LogP contribution is 2.41. The Kier molecular flexibility index (Phi) is 4.65. The minimum atomic E-state index is -0.287. The van der Waals surface area contributed by atoms with Crippen LogP contribution in [0.1, 0.15) is 38.5 Å². The van der Waals surface area contributed by atoms with E-state index < -0.39 is 0 Å². The van der Waals surface area contributed by atoms with E-state index in [0.717, 1.165) is 71.0 Å². The molecule has 4 fully saturated rings. The minimum absolute atomic E-state index is 0.147. The lowest BCUT2D eigenvalue weighted by molar-refractivity contribution is -0.146. The molecule has 3 aliphatic heterocycles. The van der Waals surface area contributed by atoms with Gasteiger partial charge in [0.1, 0.15) is 0 Å². The Morgan fingerprint density at radius 2 is 1.76 bits per heavy atom. The Bertz CT molecular complexity index is 528. The molecule has 0 N–H and O–H groups in total. The molecular formula is C19H32N4O2. The van der Waals surface area contributed by atoms with Crippen molar-refractivity contribution in [1.29, 1.82) is 0 Å². The van der Waals surface area contributed by atoms with Crippen molar-refractivity contribution in [3.05, 3.63) is 0 Å². The van der Waals surface area contributed by atoms with E-state index in [1.807, 2.05) is 9.80 Å². The first-order chi connectivity index (χ1) is 12.1. The highest BCUT2D eigenvalue weighted by atomic mass is 16.2. The predicted octanol–water partition coefficient (Wildman–Crippen LogP) is 1.47. The van der Waals surface area contributed by atoms with Gasteiger partial charge in [-0.15, -0.1) is 0 Å². The van der Waals surface area contributed by atoms with Crippen LogP contribution < -0.4 is 0 Å². The van der Waals surface area contributed by atoms with E-state index in [4.69, 9.17) is 0 Å². The average molecular weight is 348 g/mol. The standard InChI is InChI=1S/C19H32N4O2/c1-20-10-12-21(13-11-20)18(25)23-9-7-19(15-23)6-3-8-22(17(19)24)14-16-4-2-5-16/h16H,2-15H2,1H3/t19-/m1/s1. The Hall–Kier alpha value is -1.30. The van der Waals surface area contributed by atoms with E-state index in [-0.39, 0.29) is 11.4 Å². The van der Waals surface area contributed by atoms with Crippen LogP contribution >= 0.6 is 0 Å². The molecule has 6 nitrogen and oxygen atoms in total. The van der Waals surface area contributed by atoms with E-state index in [1.165, 1.54) is 19.3 Å². The van der Waals surface area contributed by atoms with Gasteiger partial charge in [-0.3, -0.25) is 4.79 Å². The number of amides is 3. The lowest BCUT2D eigenvalue weighted by atomic mass is 9.77. The molecule has 3 amide bonds. The van der Waals surface area contributed by atoms with Crippen LogP contribution in [0.5, 0.6) is 0 Å². The molecule has 0 aromatic carbocycles. The second-order valence-electron chi connectivity index (χ2n) is 8.68. The maximum Gasteiger partial charge on any atom is 0.320 e. The number of hydrogen-bond donors (Lipinski definition) is 0. The molecule has 1 aliphatic carbocycles. The molecule has 4 rings (SSSR count). The van der Waals surface area contributed by atoms with Gasteiger partial charge >= 0.3 is 6.03 Å². The second kappa shape index (κ2) is 6.78. The Morgan fingerprint density at radius 3 is 2.44 bits per heavy atom. The van der Waals surface area contributed by atoms with E-state index in [9.17, 15) is 9.59 Å². The van der Waals surface area contributed by atoms with Crippen molar-refractivity contribution >= 4 is 11.9 Å². The molecule has 1 spiro atoms. The van der Waals surface area contributed by atoms with Crippen molar-refractivity contribution in [1.82, 2.24) is 19.6 Å². The SMILES string of the molecule is CN1CCN(C(=O)N2CC[C@]3(CCCN(CC4CCC4)C3=O)C2)CC1. The first kappa shape index (κ1) is 17.1. The number of urea groups is 1. The van der Waals surface area contributed by atoms with Crippen LogP contribution in [-0.4, -0.2) is 90.9 Å². The Morgan fingerprint density at radius 1 is 1.00 bits per heavy atom. The Balaban J connectivity index is 1.38.